The van der Waals surface area contributed by atoms with Crippen LogP contribution in [0.2, 0.25) is 0 Å². The first-order chi connectivity index (χ1) is 12.7. The summed E-state index contributed by atoms with van der Waals surface area (Å²) in [4.78, 5) is 28.0. The maximum Gasteiger partial charge on any atom is 0.255 e. The fraction of sp³-hybridized carbons (Fsp3) is 0.556. The number of carbonyl (C=O) groups excluding carboxylic acids is 2. The number of fused-ring (bicyclic) bond motifs is 2. The molecule has 2 N–H and O–H groups in total. The Morgan fingerprint density at radius 3 is 3.04 bits per heavy atom. The number of nitrogens with one attached hydrogen (secondary N) is 2. The third-order valence-corrected chi connectivity index (χ3v) is 6.64. The molecule has 2 aromatic rings. The topological polar surface area (TPSA) is 91.0 Å². The molecule has 2 saturated heterocycles. The SMILES string of the molecule is CC[C@@]1(C(=O)NCCc2cn[nH]n2)C[C@@H]2CC[C@H]1N2C(=O)c1ccsc1. The minimum Gasteiger partial charge on any atom is -0.355 e. The van der Waals surface area contributed by atoms with Crippen LogP contribution in [0.25, 0.3) is 0 Å². The van der Waals surface area contributed by atoms with Crippen LogP contribution in [-0.4, -0.2) is 50.8 Å². The molecule has 2 aromatic heterocycles. The van der Waals surface area contributed by atoms with Gasteiger partial charge < -0.3 is 10.2 Å². The van der Waals surface area contributed by atoms with Crippen LogP contribution < -0.4 is 5.32 Å². The van der Waals surface area contributed by atoms with E-state index in [1.807, 2.05) is 21.7 Å². The molecule has 26 heavy (non-hydrogen) atoms. The fourth-order valence-electron chi connectivity index (χ4n) is 4.64. The molecule has 0 radical (unpaired) electrons. The summed E-state index contributed by atoms with van der Waals surface area (Å²) in [5.74, 6) is 0.142. The predicted molar refractivity (Wildman–Crippen MR) is 97.7 cm³/mol. The lowest BCUT2D eigenvalue weighted by atomic mass is 9.71. The van der Waals surface area contributed by atoms with E-state index >= 15 is 0 Å². The van der Waals surface area contributed by atoms with Crippen LogP contribution in [0.1, 0.15) is 48.7 Å². The minimum absolute atomic E-state index is 0.00282. The molecular weight excluding hydrogens is 350 g/mol. The first-order valence-electron chi connectivity index (χ1n) is 9.13. The molecule has 2 fully saturated rings. The van der Waals surface area contributed by atoms with Crippen LogP contribution in [0.5, 0.6) is 0 Å². The van der Waals surface area contributed by atoms with Crippen LogP contribution in [0.3, 0.4) is 0 Å². The number of hydrogen-bond acceptors (Lipinski definition) is 5. The minimum atomic E-state index is -0.474. The molecule has 4 rings (SSSR count). The lowest BCUT2D eigenvalue weighted by Crippen LogP contribution is -2.50. The van der Waals surface area contributed by atoms with E-state index < -0.39 is 5.41 Å². The van der Waals surface area contributed by atoms with Gasteiger partial charge in [0.25, 0.3) is 5.91 Å². The summed E-state index contributed by atoms with van der Waals surface area (Å²) in [5.41, 5.74) is 1.10. The van der Waals surface area contributed by atoms with Gasteiger partial charge in [0.15, 0.2) is 0 Å². The molecule has 138 valence electrons. The molecule has 0 spiro atoms. The van der Waals surface area contributed by atoms with Gasteiger partial charge in [-0.15, -0.1) is 0 Å². The predicted octanol–water partition coefficient (Wildman–Crippen LogP) is 2.00. The number of H-pyrrole nitrogens is 1. The second-order valence-electron chi connectivity index (χ2n) is 7.15. The van der Waals surface area contributed by atoms with E-state index in [1.165, 1.54) is 11.3 Å². The number of amides is 2. The highest BCUT2D eigenvalue weighted by Gasteiger charge is 2.60. The monoisotopic (exact) mass is 373 g/mol. The van der Waals surface area contributed by atoms with Gasteiger partial charge in [0.05, 0.1) is 22.9 Å². The summed E-state index contributed by atoms with van der Waals surface area (Å²) < 4.78 is 0. The van der Waals surface area contributed by atoms with Crippen molar-refractivity contribution in [1.82, 2.24) is 25.6 Å². The van der Waals surface area contributed by atoms with Gasteiger partial charge in [0.1, 0.15) is 0 Å². The first kappa shape index (κ1) is 17.2. The average molecular weight is 373 g/mol. The summed E-state index contributed by atoms with van der Waals surface area (Å²) in [6.07, 6.45) is 5.73. The summed E-state index contributed by atoms with van der Waals surface area (Å²) >= 11 is 1.53. The van der Waals surface area contributed by atoms with Gasteiger partial charge in [-0.2, -0.15) is 26.7 Å². The second-order valence-corrected chi connectivity index (χ2v) is 7.93. The number of rotatable bonds is 6. The molecule has 2 bridgehead atoms. The lowest BCUT2D eigenvalue weighted by molar-refractivity contribution is -0.132. The third-order valence-electron chi connectivity index (χ3n) is 5.96. The highest BCUT2D eigenvalue weighted by atomic mass is 32.1. The maximum atomic E-state index is 13.1. The van der Waals surface area contributed by atoms with Crippen LogP contribution in [0, 0.1) is 5.41 Å². The molecule has 2 amide bonds. The van der Waals surface area contributed by atoms with Crippen molar-refractivity contribution in [3.8, 4) is 0 Å². The maximum absolute atomic E-state index is 13.1. The van der Waals surface area contributed by atoms with Crippen molar-refractivity contribution in [1.29, 1.82) is 0 Å². The number of carbonyl (C=O) groups is 2. The number of aromatic nitrogens is 3. The zero-order chi connectivity index (χ0) is 18.1. The van der Waals surface area contributed by atoms with Gasteiger partial charge in [-0.25, -0.2) is 0 Å². The average Bonchev–Trinajstić information content (AvgIpc) is 3.44. The van der Waals surface area contributed by atoms with Gasteiger partial charge in [0.2, 0.25) is 5.91 Å². The van der Waals surface area contributed by atoms with Crippen molar-refractivity contribution in [2.24, 2.45) is 5.41 Å². The van der Waals surface area contributed by atoms with Gasteiger partial charge in [0, 0.05) is 30.4 Å². The molecule has 2 aliphatic rings. The van der Waals surface area contributed by atoms with Crippen LogP contribution in [0.4, 0.5) is 0 Å². The van der Waals surface area contributed by atoms with Crippen molar-refractivity contribution in [2.45, 2.75) is 51.1 Å². The Balaban J connectivity index is 1.47. The highest BCUT2D eigenvalue weighted by Crippen LogP contribution is 2.52. The van der Waals surface area contributed by atoms with E-state index in [-0.39, 0.29) is 23.9 Å². The molecule has 2 aliphatic heterocycles. The fourth-order valence-corrected chi connectivity index (χ4v) is 5.27. The van der Waals surface area contributed by atoms with Crippen LogP contribution in [0.15, 0.2) is 23.0 Å². The molecule has 4 heterocycles. The third kappa shape index (κ3) is 2.72. The van der Waals surface area contributed by atoms with E-state index in [0.717, 1.165) is 36.9 Å². The van der Waals surface area contributed by atoms with Gasteiger partial charge in [-0.3, -0.25) is 9.59 Å². The Bertz CT molecular complexity index is 776. The molecule has 0 saturated carbocycles. The van der Waals surface area contributed by atoms with Gasteiger partial charge in [-0.05, 0) is 37.1 Å². The molecular formula is C18H23N5O2S. The van der Waals surface area contributed by atoms with Gasteiger partial charge >= 0.3 is 0 Å². The molecule has 0 aliphatic carbocycles. The molecule has 0 aromatic carbocycles. The van der Waals surface area contributed by atoms with Crippen molar-refractivity contribution in [3.05, 3.63) is 34.3 Å². The summed E-state index contributed by atoms with van der Waals surface area (Å²) in [6, 6.07) is 2.04. The number of thiophene rings is 1. The smallest absolute Gasteiger partial charge is 0.255 e. The summed E-state index contributed by atoms with van der Waals surface area (Å²) in [7, 11) is 0. The molecule has 8 heteroatoms. The molecule has 0 unspecified atom stereocenters. The Morgan fingerprint density at radius 1 is 1.46 bits per heavy atom. The Labute approximate surface area is 156 Å². The Hall–Kier alpha value is -2.22. The first-order valence-corrected chi connectivity index (χ1v) is 10.1. The number of nitrogens with zero attached hydrogens (tertiary/aromatic N) is 3. The zero-order valence-electron chi connectivity index (χ0n) is 14.8. The molecule has 3 atom stereocenters. The zero-order valence-corrected chi connectivity index (χ0v) is 15.6. The Morgan fingerprint density at radius 2 is 2.35 bits per heavy atom. The van der Waals surface area contributed by atoms with E-state index in [4.69, 9.17) is 0 Å². The second kappa shape index (κ2) is 6.83. The largest absolute Gasteiger partial charge is 0.355 e. The normalized spacial score (nSPS) is 27.0. The van der Waals surface area contributed by atoms with Crippen LogP contribution in [-0.2, 0) is 11.2 Å². The molecule has 7 nitrogen and oxygen atoms in total. The summed E-state index contributed by atoms with van der Waals surface area (Å²) in [5, 5.41) is 17.3. The van der Waals surface area contributed by atoms with E-state index in [1.54, 1.807) is 6.20 Å². The van der Waals surface area contributed by atoms with Gasteiger partial charge in [-0.1, -0.05) is 6.92 Å². The van der Waals surface area contributed by atoms with Crippen molar-refractivity contribution >= 4 is 23.2 Å². The van der Waals surface area contributed by atoms with Crippen LogP contribution >= 0.6 is 11.3 Å². The van der Waals surface area contributed by atoms with Crippen molar-refractivity contribution < 1.29 is 9.59 Å². The van der Waals surface area contributed by atoms with E-state index in [9.17, 15) is 9.59 Å². The number of hydrogen-bond donors (Lipinski definition) is 2. The number of aromatic amines is 1. The van der Waals surface area contributed by atoms with E-state index in [0.29, 0.717) is 13.0 Å². The van der Waals surface area contributed by atoms with E-state index in [2.05, 4.69) is 27.7 Å². The van der Waals surface area contributed by atoms with Crippen molar-refractivity contribution in [2.75, 3.05) is 6.54 Å². The lowest BCUT2D eigenvalue weighted by Gasteiger charge is -2.35. The summed E-state index contributed by atoms with van der Waals surface area (Å²) in [6.45, 7) is 2.59. The Kier molecular flexibility index (Phi) is 4.52. The standard InChI is InChI=1S/C18H23N5O2S/c1-2-18(17(25)19-7-5-13-10-20-22-21-13)9-14-3-4-15(18)23(14)16(24)12-6-8-26-11-12/h6,8,10-11,14-15H,2-5,7,9H2,1H3,(H,19,25)(H,20,21,22)/t14-,15+,18+/m0/s1. The quantitative estimate of drug-likeness (QED) is 0.810. The van der Waals surface area contributed by atoms with Crippen molar-refractivity contribution in [3.63, 3.8) is 0 Å². The highest BCUT2D eigenvalue weighted by molar-refractivity contribution is 7.08.